The second-order valence-electron chi connectivity index (χ2n) is 6.20. The van der Waals surface area contributed by atoms with Crippen LogP contribution in [0, 0.1) is 6.92 Å². The highest BCUT2D eigenvalue weighted by Crippen LogP contribution is 2.19. The van der Waals surface area contributed by atoms with E-state index in [4.69, 9.17) is 0 Å². The van der Waals surface area contributed by atoms with Crippen molar-refractivity contribution in [3.63, 3.8) is 0 Å². The number of aryl methyl sites for hydroxylation is 1. The molecule has 2 aromatic carbocycles. The first-order chi connectivity index (χ1) is 13.2. The van der Waals surface area contributed by atoms with Gasteiger partial charge in [0.2, 0.25) is 15.9 Å². The van der Waals surface area contributed by atoms with E-state index >= 15 is 0 Å². The molecule has 0 saturated carbocycles. The summed E-state index contributed by atoms with van der Waals surface area (Å²) in [7, 11) is -3.44. The molecule has 2 rings (SSSR count). The van der Waals surface area contributed by atoms with Gasteiger partial charge in [-0.25, -0.2) is 8.42 Å². The standard InChI is InChI=1S/C19H22BrN3O4S/c1-3-9-28(26,27)23-16-6-4-5-14(11-16)19(25)21-12-18(24)22-15-7-8-17(20)13(2)10-15/h4-8,10-11,23H,3,9,12H2,1-2H3,(H,21,25)(H,22,24). The van der Waals surface area contributed by atoms with Crippen molar-refractivity contribution in [1.29, 1.82) is 0 Å². The highest BCUT2D eigenvalue weighted by atomic mass is 79.9. The molecule has 0 fully saturated rings. The Morgan fingerprint density at radius 2 is 1.82 bits per heavy atom. The Hall–Kier alpha value is -2.39. The van der Waals surface area contributed by atoms with Crippen LogP contribution < -0.4 is 15.4 Å². The summed E-state index contributed by atoms with van der Waals surface area (Å²) in [6.07, 6.45) is 0.489. The van der Waals surface area contributed by atoms with Gasteiger partial charge in [-0.05, 0) is 55.3 Å². The molecule has 0 unspecified atom stereocenters. The molecule has 0 aliphatic heterocycles. The van der Waals surface area contributed by atoms with Crippen LogP contribution in [0.2, 0.25) is 0 Å². The van der Waals surface area contributed by atoms with Gasteiger partial charge in [0.25, 0.3) is 5.91 Å². The molecule has 0 aliphatic carbocycles. The van der Waals surface area contributed by atoms with E-state index in [9.17, 15) is 18.0 Å². The smallest absolute Gasteiger partial charge is 0.251 e. The van der Waals surface area contributed by atoms with Crippen molar-refractivity contribution in [2.24, 2.45) is 0 Å². The highest BCUT2D eigenvalue weighted by Gasteiger charge is 2.12. The van der Waals surface area contributed by atoms with E-state index < -0.39 is 15.9 Å². The van der Waals surface area contributed by atoms with E-state index in [0.717, 1.165) is 10.0 Å². The fourth-order valence-electron chi connectivity index (χ4n) is 2.41. The Bertz CT molecular complexity index is 977. The average Bonchev–Trinajstić information content (AvgIpc) is 2.62. The molecule has 2 amide bonds. The van der Waals surface area contributed by atoms with E-state index in [0.29, 0.717) is 17.8 Å². The number of rotatable bonds is 8. The Balaban J connectivity index is 1.94. The minimum atomic E-state index is -3.44. The molecule has 150 valence electrons. The zero-order valence-electron chi connectivity index (χ0n) is 15.6. The highest BCUT2D eigenvalue weighted by molar-refractivity contribution is 9.10. The first kappa shape index (κ1) is 21.9. The van der Waals surface area contributed by atoms with Crippen LogP contribution in [0.25, 0.3) is 0 Å². The minimum absolute atomic E-state index is 0.000866. The Morgan fingerprint density at radius 1 is 1.07 bits per heavy atom. The summed E-state index contributed by atoms with van der Waals surface area (Å²) in [4.78, 5) is 24.3. The van der Waals surface area contributed by atoms with Crippen LogP contribution in [0.15, 0.2) is 46.9 Å². The molecule has 0 bridgehead atoms. The van der Waals surface area contributed by atoms with Crippen LogP contribution in [-0.4, -0.2) is 32.5 Å². The Morgan fingerprint density at radius 3 is 2.50 bits per heavy atom. The summed E-state index contributed by atoms with van der Waals surface area (Å²) < 4.78 is 27.1. The van der Waals surface area contributed by atoms with E-state index in [1.165, 1.54) is 6.07 Å². The molecule has 0 aromatic heterocycles. The lowest BCUT2D eigenvalue weighted by Gasteiger charge is -2.10. The fourth-order valence-corrected chi connectivity index (χ4v) is 3.79. The number of hydrogen-bond donors (Lipinski definition) is 3. The lowest BCUT2D eigenvalue weighted by atomic mass is 10.2. The maximum Gasteiger partial charge on any atom is 0.251 e. The molecule has 2 aromatic rings. The van der Waals surface area contributed by atoms with Crippen LogP contribution in [0.5, 0.6) is 0 Å². The van der Waals surface area contributed by atoms with Crippen LogP contribution in [0.4, 0.5) is 11.4 Å². The van der Waals surface area contributed by atoms with E-state index in [1.807, 2.05) is 19.1 Å². The third kappa shape index (κ3) is 6.65. The summed E-state index contributed by atoms with van der Waals surface area (Å²) in [5.41, 5.74) is 2.16. The number of carbonyl (C=O) groups is 2. The molecular weight excluding hydrogens is 446 g/mol. The summed E-state index contributed by atoms with van der Waals surface area (Å²) in [5.74, 6) is -0.840. The molecule has 28 heavy (non-hydrogen) atoms. The lowest BCUT2D eigenvalue weighted by molar-refractivity contribution is -0.115. The van der Waals surface area contributed by atoms with Crippen molar-refractivity contribution in [1.82, 2.24) is 5.32 Å². The number of carbonyl (C=O) groups excluding carboxylic acids is 2. The quantitative estimate of drug-likeness (QED) is 0.553. The maximum absolute atomic E-state index is 12.3. The number of nitrogens with one attached hydrogen (secondary N) is 3. The fraction of sp³-hybridized carbons (Fsp3) is 0.263. The number of benzene rings is 2. The molecule has 0 atom stereocenters. The topological polar surface area (TPSA) is 104 Å². The van der Waals surface area contributed by atoms with Crippen molar-refractivity contribution in [2.75, 3.05) is 22.3 Å². The SMILES string of the molecule is CCCS(=O)(=O)Nc1cccc(C(=O)NCC(=O)Nc2ccc(Br)c(C)c2)c1. The van der Waals surface area contributed by atoms with Crippen LogP contribution in [0.1, 0.15) is 29.3 Å². The molecule has 0 saturated heterocycles. The maximum atomic E-state index is 12.3. The van der Waals surface area contributed by atoms with Gasteiger partial charge in [0.1, 0.15) is 0 Å². The lowest BCUT2D eigenvalue weighted by Crippen LogP contribution is -2.32. The molecule has 0 aliphatic rings. The van der Waals surface area contributed by atoms with Gasteiger partial charge in [-0.1, -0.05) is 28.9 Å². The molecule has 7 nitrogen and oxygen atoms in total. The Labute approximate surface area is 173 Å². The first-order valence-electron chi connectivity index (χ1n) is 8.65. The van der Waals surface area contributed by atoms with Gasteiger partial charge in [0.15, 0.2) is 0 Å². The van der Waals surface area contributed by atoms with Crippen molar-refractivity contribution in [3.05, 3.63) is 58.1 Å². The van der Waals surface area contributed by atoms with Crippen LogP contribution >= 0.6 is 15.9 Å². The number of halogens is 1. The van der Waals surface area contributed by atoms with Gasteiger partial charge in [-0.2, -0.15) is 0 Å². The normalized spacial score (nSPS) is 11.0. The summed E-state index contributed by atoms with van der Waals surface area (Å²) in [5, 5.41) is 5.23. The number of anilines is 2. The van der Waals surface area contributed by atoms with E-state index in [2.05, 4.69) is 31.3 Å². The van der Waals surface area contributed by atoms with Gasteiger partial charge in [0.05, 0.1) is 12.3 Å². The van der Waals surface area contributed by atoms with Crippen molar-refractivity contribution < 1.29 is 18.0 Å². The van der Waals surface area contributed by atoms with Crippen molar-refractivity contribution >= 4 is 49.1 Å². The summed E-state index contributed by atoms with van der Waals surface area (Å²) in [6, 6.07) is 11.5. The third-order valence-electron chi connectivity index (χ3n) is 3.72. The summed E-state index contributed by atoms with van der Waals surface area (Å²) in [6.45, 7) is 3.46. The summed E-state index contributed by atoms with van der Waals surface area (Å²) >= 11 is 3.39. The Kier molecular flexibility index (Phi) is 7.59. The van der Waals surface area contributed by atoms with Gasteiger partial charge >= 0.3 is 0 Å². The van der Waals surface area contributed by atoms with E-state index in [-0.39, 0.29) is 23.8 Å². The molecular formula is C19H22BrN3O4S. The molecule has 9 heteroatoms. The van der Waals surface area contributed by atoms with Gasteiger partial charge in [-0.15, -0.1) is 0 Å². The van der Waals surface area contributed by atoms with Crippen molar-refractivity contribution in [3.8, 4) is 0 Å². The van der Waals surface area contributed by atoms with Crippen LogP contribution in [-0.2, 0) is 14.8 Å². The molecule has 0 heterocycles. The average molecular weight is 468 g/mol. The predicted molar refractivity (Wildman–Crippen MR) is 114 cm³/mol. The zero-order valence-corrected chi connectivity index (χ0v) is 18.0. The monoisotopic (exact) mass is 467 g/mol. The van der Waals surface area contributed by atoms with Gasteiger partial charge in [0, 0.05) is 21.4 Å². The van der Waals surface area contributed by atoms with Gasteiger partial charge in [-0.3, -0.25) is 14.3 Å². The van der Waals surface area contributed by atoms with Gasteiger partial charge < -0.3 is 10.6 Å². The minimum Gasteiger partial charge on any atom is -0.343 e. The second-order valence-corrected chi connectivity index (χ2v) is 8.89. The van der Waals surface area contributed by atoms with E-state index in [1.54, 1.807) is 31.2 Å². The number of amides is 2. The number of sulfonamides is 1. The second kappa shape index (κ2) is 9.70. The third-order valence-corrected chi connectivity index (χ3v) is 6.10. The molecule has 0 spiro atoms. The molecule has 3 N–H and O–H groups in total. The molecule has 0 radical (unpaired) electrons. The largest absolute Gasteiger partial charge is 0.343 e. The van der Waals surface area contributed by atoms with Crippen LogP contribution in [0.3, 0.4) is 0 Å². The van der Waals surface area contributed by atoms with Crippen molar-refractivity contribution in [2.45, 2.75) is 20.3 Å². The first-order valence-corrected chi connectivity index (χ1v) is 11.1. The zero-order chi connectivity index (χ0) is 20.7. The predicted octanol–water partition coefficient (Wildman–Crippen LogP) is 3.28. The number of hydrogen-bond acceptors (Lipinski definition) is 4.